The van der Waals surface area contributed by atoms with Crippen molar-refractivity contribution < 1.29 is 18.3 Å². The SMILES string of the molecule is CSC(C)CNS(=O)(=O)c1ccc(Cl)c(C(=O)O)c1Cl. The molecule has 0 heterocycles. The van der Waals surface area contributed by atoms with Crippen molar-refractivity contribution in [3.8, 4) is 0 Å². The number of halogens is 2. The summed E-state index contributed by atoms with van der Waals surface area (Å²) in [5, 5.41) is 8.58. The van der Waals surface area contributed by atoms with Crippen LogP contribution in [0.15, 0.2) is 17.0 Å². The number of nitrogens with one attached hydrogen (secondary N) is 1. The van der Waals surface area contributed by atoms with Gasteiger partial charge in [-0.1, -0.05) is 30.1 Å². The van der Waals surface area contributed by atoms with Crippen molar-refractivity contribution in [1.29, 1.82) is 0 Å². The predicted molar refractivity (Wildman–Crippen MR) is 81.6 cm³/mol. The smallest absolute Gasteiger partial charge is 0.338 e. The standard InChI is InChI=1S/C11H13Cl2NO4S2/c1-6(19-2)5-14-20(17,18)8-4-3-7(12)9(10(8)13)11(15)16/h3-4,6,14H,5H2,1-2H3,(H,15,16). The molecule has 9 heteroatoms. The predicted octanol–water partition coefficient (Wildman–Crippen LogP) is 2.72. The van der Waals surface area contributed by atoms with Crippen molar-refractivity contribution in [2.75, 3.05) is 12.8 Å². The monoisotopic (exact) mass is 357 g/mol. The molecule has 0 radical (unpaired) electrons. The summed E-state index contributed by atoms with van der Waals surface area (Å²) in [5.74, 6) is -1.38. The van der Waals surface area contributed by atoms with Gasteiger partial charge in [-0.25, -0.2) is 17.9 Å². The van der Waals surface area contributed by atoms with Crippen LogP contribution < -0.4 is 4.72 Å². The minimum absolute atomic E-state index is 0.0785. The van der Waals surface area contributed by atoms with Gasteiger partial charge in [-0.05, 0) is 18.4 Å². The number of hydrogen-bond donors (Lipinski definition) is 2. The van der Waals surface area contributed by atoms with Gasteiger partial charge < -0.3 is 5.11 Å². The topological polar surface area (TPSA) is 83.5 Å². The number of rotatable bonds is 6. The third kappa shape index (κ3) is 4.02. The summed E-state index contributed by atoms with van der Waals surface area (Å²) in [6.45, 7) is 2.07. The molecule has 0 saturated carbocycles. The molecule has 0 saturated heterocycles. The molecular weight excluding hydrogens is 345 g/mol. The normalized spacial score (nSPS) is 13.2. The highest BCUT2D eigenvalue weighted by molar-refractivity contribution is 7.99. The van der Waals surface area contributed by atoms with E-state index in [0.29, 0.717) is 0 Å². The maximum Gasteiger partial charge on any atom is 0.338 e. The second-order valence-corrected chi connectivity index (χ2v) is 7.73. The Kier molecular flexibility index (Phi) is 6.15. The Bertz CT molecular complexity index is 619. The van der Waals surface area contributed by atoms with Crippen LogP contribution in [0.5, 0.6) is 0 Å². The van der Waals surface area contributed by atoms with E-state index >= 15 is 0 Å². The Hall–Kier alpha value is -0.470. The highest BCUT2D eigenvalue weighted by atomic mass is 35.5. The van der Waals surface area contributed by atoms with Crippen LogP contribution in [0.4, 0.5) is 0 Å². The van der Waals surface area contributed by atoms with Gasteiger partial charge in [0.2, 0.25) is 10.0 Å². The highest BCUT2D eigenvalue weighted by Gasteiger charge is 2.24. The minimum atomic E-state index is -3.89. The first-order valence-corrected chi connectivity index (χ1v) is 8.97. The summed E-state index contributed by atoms with van der Waals surface area (Å²) < 4.78 is 26.6. The van der Waals surface area contributed by atoms with E-state index < -0.39 is 26.6 Å². The van der Waals surface area contributed by atoms with E-state index in [0.717, 1.165) is 0 Å². The fraction of sp³-hybridized carbons (Fsp3) is 0.364. The van der Waals surface area contributed by atoms with Gasteiger partial charge >= 0.3 is 5.97 Å². The lowest BCUT2D eigenvalue weighted by molar-refractivity contribution is 0.0697. The van der Waals surface area contributed by atoms with Crippen molar-refractivity contribution >= 4 is 51.0 Å². The van der Waals surface area contributed by atoms with E-state index in [1.54, 1.807) is 0 Å². The zero-order valence-corrected chi connectivity index (χ0v) is 13.8. The summed E-state index contributed by atoms with van der Waals surface area (Å²) in [6.07, 6.45) is 1.86. The first-order chi connectivity index (χ1) is 9.20. The van der Waals surface area contributed by atoms with E-state index in [-0.39, 0.29) is 21.7 Å². The van der Waals surface area contributed by atoms with Gasteiger partial charge in [-0.3, -0.25) is 0 Å². The van der Waals surface area contributed by atoms with Crippen LogP contribution in [0.2, 0.25) is 10.0 Å². The van der Waals surface area contributed by atoms with Crippen LogP contribution in [0, 0.1) is 0 Å². The molecular formula is C11H13Cl2NO4S2. The lowest BCUT2D eigenvalue weighted by Crippen LogP contribution is -2.30. The molecule has 0 bridgehead atoms. The molecule has 20 heavy (non-hydrogen) atoms. The van der Waals surface area contributed by atoms with E-state index in [1.165, 1.54) is 23.9 Å². The Morgan fingerprint density at radius 1 is 1.45 bits per heavy atom. The number of hydrogen-bond acceptors (Lipinski definition) is 4. The number of benzene rings is 1. The van der Waals surface area contributed by atoms with Gasteiger partial charge in [0.05, 0.1) is 15.6 Å². The maximum absolute atomic E-state index is 12.1. The van der Waals surface area contributed by atoms with Crippen molar-refractivity contribution in [1.82, 2.24) is 4.72 Å². The van der Waals surface area contributed by atoms with E-state index in [4.69, 9.17) is 28.3 Å². The Balaban J connectivity index is 3.20. The first kappa shape index (κ1) is 17.6. The molecule has 0 aromatic heterocycles. The lowest BCUT2D eigenvalue weighted by atomic mass is 10.2. The highest BCUT2D eigenvalue weighted by Crippen LogP contribution is 2.31. The molecule has 1 rings (SSSR count). The zero-order valence-electron chi connectivity index (χ0n) is 10.7. The summed E-state index contributed by atoms with van der Waals surface area (Å²) in [7, 11) is -3.89. The lowest BCUT2D eigenvalue weighted by Gasteiger charge is -2.13. The molecule has 0 spiro atoms. The second-order valence-electron chi connectivity index (χ2n) is 3.94. The van der Waals surface area contributed by atoms with Gasteiger partial charge in [0, 0.05) is 11.8 Å². The molecule has 2 N–H and O–H groups in total. The molecule has 0 aliphatic heterocycles. The fourth-order valence-corrected chi connectivity index (χ4v) is 3.73. The Morgan fingerprint density at radius 2 is 2.05 bits per heavy atom. The largest absolute Gasteiger partial charge is 0.478 e. The molecule has 1 unspecified atom stereocenters. The molecule has 0 aliphatic carbocycles. The number of aromatic carboxylic acids is 1. The maximum atomic E-state index is 12.1. The van der Waals surface area contributed by atoms with E-state index in [1.807, 2.05) is 13.2 Å². The van der Waals surface area contributed by atoms with Crippen LogP contribution >= 0.6 is 35.0 Å². The quantitative estimate of drug-likeness (QED) is 0.817. The Morgan fingerprint density at radius 3 is 2.55 bits per heavy atom. The summed E-state index contributed by atoms with van der Waals surface area (Å²) >= 11 is 13.1. The molecule has 1 aromatic rings. The van der Waals surface area contributed by atoms with Crippen LogP contribution in [-0.2, 0) is 10.0 Å². The van der Waals surface area contributed by atoms with Crippen molar-refractivity contribution in [2.24, 2.45) is 0 Å². The number of carboxylic acid groups (broad SMARTS) is 1. The molecule has 1 aromatic carbocycles. The number of carboxylic acids is 1. The van der Waals surface area contributed by atoms with E-state index in [2.05, 4.69) is 4.72 Å². The van der Waals surface area contributed by atoms with Gasteiger partial charge in [-0.15, -0.1) is 0 Å². The van der Waals surface area contributed by atoms with Crippen LogP contribution in [0.1, 0.15) is 17.3 Å². The molecule has 112 valence electrons. The minimum Gasteiger partial charge on any atom is -0.478 e. The zero-order chi connectivity index (χ0) is 15.5. The van der Waals surface area contributed by atoms with Gasteiger partial charge in [0.15, 0.2) is 0 Å². The summed E-state index contributed by atoms with van der Waals surface area (Å²) in [4.78, 5) is 10.7. The number of carbonyl (C=O) groups is 1. The average Bonchev–Trinajstić information content (AvgIpc) is 2.35. The second kappa shape index (κ2) is 7.00. The third-order valence-corrected chi connectivity index (χ3v) is 5.78. The van der Waals surface area contributed by atoms with Gasteiger partial charge in [-0.2, -0.15) is 11.8 Å². The molecule has 1 atom stereocenters. The number of thioether (sulfide) groups is 1. The first-order valence-electron chi connectivity index (χ1n) is 5.44. The summed E-state index contributed by atoms with van der Waals surface area (Å²) in [5.41, 5.74) is -0.422. The van der Waals surface area contributed by atoms with Crippen molar-refractivity contribution in [3.05, 3.63) is 27.7 Å². The fourth-order valence-electron chi connectivity index (χ4n) is 1.33. The summed E-state index contributed by atoms with van der Waals surface area (Å²) in [6, 6.07) is 2.38. The third-order valence-electron chi connectivity index (χ3n) is 2.52. The van der Waals surface area contributed by atoms with Crippen LogP contribution in [-0.4, -0.2) is 37.5 Å². The van der Waals surface area contributed by atoms with Crippen LogP contribution in [0.25, 0.3) is 0 Å². The molecule has 0 fully saturated rings. The van der Waals surface area contributed by atoms with Gasteiger partial charge in [0.1, 0.15) is 4.90 Å². The van der Waals surface area contributed by atoms with Crippen molar-refractivity contribution in [3.63, 3.8) is 0 Å². The number of sulfonamides is 1. The molecule has 5 nitrogen and oxygen atoms in total. The molecule has 0 amide bonds. The Labute approximate surface area is 131 Å². The van der Waals surface area contributed by atoms with Crippen LogP contribution in [0.3, 0.4) is 0 Å². The average molecular weight is 358 g/mol. The van der Waals surface area contributed by atoms with E-state index in [9.17, 15) is 13.2 Å². The molecule has 0 aliphatic rings. The van der Waals surface area contributed by atoms with Gasteiger partial charge in [0.25, 0.3) is 0 Å². The van der Waals surface area contributed by atoms with Crippen molar-refractivity contribution in [2.45, 2.75) is 17.1 Å².